The van der Waals surface area contributed by atoms with Crippen molar-refractivity contribution in [2.45, 2.75) is 36.6 Å². The molecule has 3 heterocycles. The predicted octanol–water partition coefficient (Wildman–Crippen LogP) is 2.21. The van der Waals surface area contributed by atoms with Crippen LogP contribution in [0.1, 0.15) is 35.8 Å². The maximum Gasteiger partial charge on any atom is 0.243 e. The Hall–Kier alpha value is -2.10. The van der Waals surface area contributed by atoms with Gasteiger partial charge in [0.1, 0.15) is 17.5 Å². The summed E-state index contributed by atoms with van der Waals surface area (Å²) in [5, 5.41) is 3.13. The van der Waals surface area contributed by atoms with Crippen LogP contribution >= 0.6 is 0 Å². The van der Waals surface area contributed by atoms with Gasteiger partial charge in [-0.05, 0) is 50.7 Å². The van der Waals surface area contributed by atoms with E-state index in [1.807, 2.05) is 0 Å². The fourth-order valence-electron chi connectivity index (χ4n) is 4.14. The van der Waals surface area contributed by atoms with Gasteiger partial charge in [0.15, 0.2) is 0 Å². The summed E-state index contributed by atoms with van der Waals surface area (Å²) in [6.07, 6.45) is 2.72. The van der Waals surface area contributed by atoms with Crippen LogP contribution < -0.4 is 5.32 Å². The van der Waals surface area contributed by atoms with Crippen LogP contribution in [0.3, 0.4) is 0 Å². The van der Waals surface area contributed by atoms with Crippen molar-refractivity contribution in [1.82, 2.24) is 19.2 Å². The number of hydrogen-bond donors (Lipinski definition) is 1. The Morgan fingerprint density at radius 2 is 1.93 bits per heavy atom. The van der Waals surface area contributed by atoms with Crippen molar-refractivity contribution in [2.24, 2.45) is 0 Å². The second-order valence-corrected chi connectivity index (χ2v) is 9.69. The lowest BCUT2D eigenvalue weighted by Crippen LogP contribution is -2.37. The molecule has 2 aromatic rings. The number of likely N-dealkylation sites (tertiary alicyclic amines) is 1. The van der Waals surface area contributed by atoms with Crippen LogP contribution in [0.4, 0.5) is 10.2 Å². The van der Waals surface area contributed by atoms with Crippen molar-refractivity contribution < 1.29 is 12.8 Å². The molecule has 0 amide bonds. The van der Waals surface area contributed by atoms with Crippen LogP contribution in [0.25, 0.3) is 0 Å². The van der Waals surface area contributed by atoms with E-state index in [0.29, 0.717) is 24.7 Å². The second-order valence-electron chi connectivity index (χ2n) is 7.75. The Bertz CT molecular complexity index is 979. The normalized spacial score (nSPS) is 21.0. The number of benzene rings is 1. The van der Waals surface area contributed by atoms with Crippen molar-refractivity contribution in [1.29, 1.82) is 0 Å². The zero-order valence-electron chi connectivity index (χ0n) is 16.7. The first-order chi connectivity index (χ1) is 13.9. The van der Waals surface area contributed by atoms with Crippen molar-refractivity contribution in [2.75, 3.05) is 39.0 Å². The van der Waals surface area contributed by atoms with Crippen LogP contribution in [-0.4, -0.2) is 61.3 Å². The monoisotopic (exact) mass is 419 g/mol. The van der Waals surface area contributed by atoms with Crippen molar-refractivity contribution in [3.63, 3.8) is 0 Å². The van der Waals surface area contributed by atoms with Crippen molar-refractivity contribution >= 4 is 15.8 Å². The molecule has 0 spiro atoms. The first-order valence-electron chi connectivity index (χ1n) is 9.90. The Morgan fingerprint density at radius 1 is 1.17 bits per heavy atom. The molecule has 0 radical (unpaired) electrons. The van der Waals surface area contributed by atoms with Crippen LogP contribution in [0.5, 0.6) is 0 Å². The van der Waals surface area contributed by atoms with Gasteiger partial charge in [0.05, 0.1) is 10.6 Å². The Kier molecular flexibility index (Phi) is 5.54. The van der Waals surface area contributed by atoms with E-state index in [4.69, 9.17) is 9.97 Å². The maximum atomic E-state index is 13.2. The summed E-state index contributed by atoms with van der Waals surface area (Å²) in [4.78, 5) is 12.0. The molecule has 0 saturated carbocycles. The minimum absolute atomic E-state index is 0.0936. The summed E-state index contributed by atoms with van der Waals surface area (Å²) < 4.78 is 40.6. The fraction of sp³-hybridized carbons (Fsp3) is 0.500. The zero-order chi connectivity index (χ0) is 20.6. The number of fused-ring (bicyclic) bond motifs is 1. The minimum atomic E-state index is -3.71. The van der Waals surface area contributed by atoms with Gasteiger partial charge >= 0.3 is 0 Å². The summed E-state index contributed by atoms with van der Waals surface area (Å²) in [6.45, 7) is 2.58. The van der Waals surface area contributed by atoms with Gasteiger partial charge in [-0.25, -0.2) is 22.8 Å². The smallest absolute Gasteiger partial charge is 0.243 e. The number of nitrogens with one attached hydrogen (secondary N) is 1. The molecule has 1 unspecified atom stereocenters. The van der Waals surface area contributed by atoms with Crippen molar-refractivity contribution in [3.05, 3.63) is 47.2 Å². The number of nitrogens with zero attached hydrogens (tertiary/aromatic N) is 4. The topological polar surface area (TPSA) is 78.4 Å². The molecule has 1 aromatic heterocycles. The van der Waals surface area contributed by atoms with E-state index >= 15 is 0 Å². The van der Waals surface area contributed by atoms with E-state index < -0.39 is 15.8 Å². The zero-order valence-corrected chi connectivity index (χ0v) is 17.5. The average molecular weight is 420 g/mol. The Labute approximate surface area is 171 Å². The highest BCUT2D eigenvalue weighted by Crippen LogP contribution is 2.31. The lowest BCUT2D eigenvalue weighted by atomic mass is 9.97. The van der Waals surface area contributed by atoms with E-state index in [9.17, 15) is 12.8 Å². The predicted molar refractivity (Wildman–Crippen MR) is 109 cm³/mol. The molecular weight excluding hydrogens is 393 g/mol. The SMILES string of the molecule is CNc1nc(C2CCCN(C)C2)nc2c1CN(S(=O)(=O)c1ccc(F)cc1)CC2. The number of anilines is 1. The number of sulfonamides is 1. The lowest BCUT2D eigenvalue weighted by molar-refractivity contribution is 0.245. The van der Waals surface area contributed by atoms with Gasteiger partial charge in [0.2, 0.25) is 10.0 Å². The maximum absolute atomic E-state index is 13.2. The highest BCUT2D eigenvalue weighted by Gasteiger charge is 2.32. The summed E-state index contributed by atoms with van der Waals surface area (Å²) in [5.74, 6) is 1.37. The fourth-order valence-corrected chi connectivity index (χ4v) is 5.54. The molecule has 7 nitrogen and oxygen atoms in total. The molecule has 2 aliphatic heterocycles. The third-order valence-corrected chi connectivity index (χ3v) is 7.58. The number of piperidine rings is 1. The van der Waals surface area contributed by atoms with Gasteiger partial charge in [-0.15, -0.1) is 0 Å². The van der Waals surface area contributed by atoms with Gasteiger partial charge in [-0.1, -0.05) is 0 Å². The minimum Gasteiger partial charge on any atom is -0.373 e. The molecule has 2 aliphatic rings. The molecule has 1 saturated heterocycles. The molecular formula is C20H26FN5O2S. The van der Waals surface area contributed by atoms with E-state index in [1.54, 1.807) is 7.05 Å². The van der Waals surface area contributed by atoms with E-state index in [-0.39, 0.29) is 11.4 Å². The quantitative estimate of drug-likeness (QED) is 0.819. The molecule has 29 heavy (non-hydrogen) atoms. The molecule has 0 bridgehead atoms. The van der Waals surface area contributed by atoms with E-state index in [1.165, 1.54) is 28.6 Å². The number of hydrogen-bond acceptors (Lipinski definition) is 6. The van der Waals surface area contributed by atoms with Crippen molar-refractivity contribution in [3.8, 4) is 0 Å². The first kappa shape index (κ1) is 20.2. The summed E-state index contributed by atoms with van der Waals surface area (Å²) in [7, 11) is 0.204. The second kappa shape index (κ2) is 7.97. The first-order valence-corrected chi connectivity index (χ1v) is 11.3. The summed E-state index contributed by atoms with van der Waals surface area (Å²) in [6, 6.07) is 4.94. The molecule has 4 rings (SSSR count). The third kappa shape index (κ3) is 3.99. The molecule has 1 atom stereocenters. The third-order valence-electron chi connectivity index (χ3n) is 5.72. The number of likely N-dealkylation sites (N-methyl/N-ethyl adjacent to an activating group) is 1. The molecule has 1 fully saturated rings. The van der Waals surface area contributed by atoms with Gasteiger partial charge in [-0.2, -0.15) is 4.31 Å². The number of aromatic nitrogens is 2. The Morgan fingerprint density at radius 3 is 2.62 bits per heavy atom. The molecule has 156 valence electrons. The summed E-state index contributed by atoms with van der Waals surface area (Å²) >= 11 is 0. The van der Waals surface area contributed by atoms with Gasteiger partial charge in [0.25, 0.3) is 0 Å². The molecule has 0 aliphatic carbocycles. The summed E-state index contributed by atoms with van der Waals surface area (Å²) in [5.41, 5.74) is 1.73. The largest absolute Gasteiger partial charge is 0.373 e. The van der Waals surface area contributed by atoms with Crippen LogP contribution in [0, 0.1) is 5.82 Å². The van der Waals surface area contributed by atoms with Gasteiger partial charge in [0, 0.05) is 44.6 Å². The molecule has 9 heteroatoms. The number of rotatable bonds is 4. The van der Waals surface area contributed by atoms with Gasteiger partial charge < -0.3 is 10.2 Å². The standard InChI is InChI=1S/C20H26FN5O2S/c1-22-20-17-13-26(29(27,28)16-7-5-15(21)6-8-16)11-9-18(17)23-19(24-20)14-4-3-10-25(2)12-14/h5-8,14H,3-4,9-13H2,1-2H3,(H,22,23,24). The van der Waals surface area contributed by atoms with E-state index in [2.05, 4.69) is 17.3 Å². The molecule has 1 N–H and O–H groups in total. The van der Waals surface area contributed by atoms with Crippen LogP contribution in [0.2, 0.25) is 0 Å². The average Bonchev–Trinajstić information content (AvgIpc) is 2.72. The molecule has 1 aromatic carbocycles. The Balaban J connectivity index is 1.63. The highest BCUT2D eigenvalue weighted by atomic mass is 32.2. The van der Waals surface area contributed by atoms with Crippen LogP contribution in [-0.2, 0) is 23.0 Å². The number of halogens is 1. The van der Waals surface area contributed by atoms with Crippen LogP contribution in [0.15, 0.2) is 29.2 Å². The van der Waals surface area contributed by atoms with E-state index in [0.717, 1.165) is 43.0 Å². The lowest BCUT2D eigenvalue weighted by Gasteiger charge is -2.31. The van der Waals surface area contributed by atoms with Gasteiger partial charge in [-0.3, -0.25) is 0 Å². The highest BCUT2D eigenvalue weighted by molar-refractivity contribution is 7.89.